The fourth-order valence-electron chi connectivity index (χ4n) is 5.25. The number of aliphatic hydroxyl groups is 1. The molecule has 5 aliphatic carbocycles. The molecule has 170 valence electrons. The minimum Gasteiger partial charge on any atom is -0.496 e. The zero-order chi connectivity index (χ0) is 24.3. The number of carbonyl (C=O) groups is 1. The molecule has 2 nitrogen and oxygen atoms in total. The van der Waals surface area contributed by atoms with E-state index in [2.05, 4.69) is 96.2 Å². The van der Waals surface area contributed by atoms with E-state index in [0.717, 1.165) is 39.0 Å². The lowest BCUT2D eigenvalue weighted by atomic mass is 9.77. The first-order valence-corrected chi connectivity index (χ1v) is 12.2. The van der Waals surface area contributed by atoms with Gasteiger partial charge in [0, 0.05) is 17.7 Å². The summed E-state index contributed by atoms with van der Waals surface area (Å²) in [6, 6.07) is 8.57. The topological polar surface area (TPSA) is 37.3 Å². The van der Waals surface area contributed by atoms with E-state index in [-0.39, 0.29) is 17.5 Å². The lowest BCUT2D eigenvalue weighted by Crippen LogP contribution is -2.24. The summed E-state index contributed by atoms with van der Waals surface area (Å²) in [6.45, 7) is 12.9. The molecule has 0 spiro atoms. The molecule has 0 saturated heterocycles. The zero-order valence-electron chi connectivity index (χ0n) is 20.8. The molecule has 0 radical (unpaired) electrons. The largest absolute Gasteiger partial charge is 0.496 e. The highest BCUT2D eigenvalue weighted by molar-refractivity contribution is 6.40. The first-order chi connectivity index (χ1) is 16.2. The van der Waals surface area contributed by atoms with Gasteiger partial charge in [0.15, 0.2) is 16.9 Å². The van der Waals surface area contributed by atoms with Crippen LogP contribution >= 0.6 is 0 Å². The van der Waals surface area contributed by atoms with E-state index in [0.29, 0.717) is 23.0 Å². The molecule has 0 aliphatic heterocycles. The second kappa shape index (κ2) is 8.08. The van der Waals surface area contributed by atoms with Gasteiger partial charge in [0.2, 0.25) is 0 Å². The van der Waals surface area contributed by atoms with E-state index < -0.39 is 0 Å². The molecule has 0 saturated carbocycles. The van der Waals surface area contributed by atoms with Gasteiger partial charge in [0.25, 0.3) is 5.78 Å². The van der Waals surface area contributed by atoms with Crippen molar-refractivity contribution >= 4 is 11.4 Å². The Labute approximate surface area is 202 Å². The summed E-state index contributed by atoms with van der Waals surface area (Å²) in [4.78, 5) is 13.5. The van der Waals surface area contributed by atoms with Gasteiger partial charge in [-0.2, -0.15) is 0 Å². The Morgan fingerprint density at radius 3 is 2.38 bits per heavy atom. The molecular formula is C32H31O2+. The van der Waals surface area contributed by atoms with Crippen LogP contribution < -0.4 is 0 Å². The molecule has 5 rings (SSSR count). The van der Waals surface area contributed by atoms with Crippen molar-refractivity contribution in [1.29, 1.82) is 0 Å². The smallest absolute Gasteiger partial charge is 0.257 e. The first-order valence-electron chi connectivity index (χ1n) is 12.2. The predicted octanol–water partition coefficient (Wildman–Crippen LogP) is 7.75. The van der Waals surface area contributed by atoms with Gasteiger partial charge in [0.05, 0.1) is 5.57 Å². The number of Topliss-reactive ketones (excluding diaryl/α,β-unsaturated/α-hetero) is 1. The number of fused-ring (bicyclic) bond motifs is 2. The summed E-state index contributed by atoms with van der Waals surface area (Å²) in [5.74, 6) is 0.777. The molecule has 1 N–H and O–H groups in total. The van der Waals surface area contributed by atoms with Crippen molar-refractivity contribution in [2.24, 2.45) is 11.8 Å². The van der Waals surface area contributed by atoms with E-state index in [1.807, 2.05) is 6.08 Å². The van der Waals surface area contributed by atoms with Crippen LogP contribution in [0.3, 0.4) is 0 Å². The number of aliphatic hydroxyl groups excluding tert-OH is 1. The number of hydrogen-bond donors (Lipinski definition) is 1. The van der Waals surface area contributed by atoms with Crippen molar-refractivity contribution in [1.82, 2.24) is 0 Å². The van der Waals surface area contributed by atoms with Gasteiger partial charge in [-0.05, 0) is 65.1 Å². The average Bonchev–Trinajstić information content (AvgIpc) is 3.12. The van der Waals surface area contributed by atoms with Gasteiger partial charge in [-0.15, -0.1) is 0 Å². The number of ketones is 1. The third-order valence-electron chi connectivity index (χ3n) is 7.35. The second-order valence-electron chi connectivity index (χ2n) is 10.3. The number of carbonyl (C=O) groups excluding carboxylic acids is 1. The van der Waals surface area contributed by atoms with E-state index in [1.54, 1.807) is 0 Å². The monoisotopic (exact) mass is 447 g/mol. The summed E-state index contributed by atoms with van der Waals surface area (Å²) in [7, 11) is 0. The molecule has 0 amide bonds. The summed E-state index contributed by atoms with van der Waals surface area (Å²) in [5, 5.41) is 11.2. The molecule has 0 heterocycles. The van der Waals surface area contributed by atoms with Crippen LogP contribution in [0.4, 0.5) is 0 Å². The maximum absolute atomic E-state index is 13.5. The molecule has 0 bridgehead atoms. The van der Waals surface area contributed by atoms with Crippen molar-refractivity contribution in [3.8, 4) is 11.1 Å². The van der Waals surface area contributed by atoms with E-state index >= 15 is 0 Å². The molecule has 1 unspecified atom stereocenters. The van der Waals surface area contributed by atoms with Crippen LogP contribution in [-0.2, 0) is 4.79 Å². The highest BCUT2D eigenvalue weighted by Gasteiger charge is 2.47. The summed E-state index contributed by atoms with van der Waals surface area (Å²) >= 11 is 0. The molecule has 0 fully saturated rings. The minimum atomic E-state index is -0.0915. The number of rotatable bonds is 3. The maximum atomic E-state index is 13.5. The molecule has 2 heteroatoms. The van der Waals surface area contributed by atoms with Crippen LogP contribution in [0.2, 0.25) is 0 Å². The van der Waals surface area contributed by atoms with Gasteiger partial charge in [-0.1, -0.05) is 64.1 Å². The van der Waals surface area contributed by atoms with Crippen LogP contribution in [0, 0.1) is 31.8 Å². The van der Waals surface area contributed by atoms with Gasteiger partial charge in [-0.25, -0.2) is 0 Å². The molecule has 5 aliphatic rings. The third kappa shape index (κ3) is 3.33. The van der Waals surface area contributed by atoms with E-state index in [4.69, 9.17) is 0 Å². The van der Waals surface area contributed by atoms with Crippen molar-refractivity contribution in [3.63, 3.8) is 0 Å². The Hall–Kier alpha value is -3.48. The Morgan fingerprint density at radius 1 is 0.941 bits per heavy atom. The van der Waals surface area contributed by atoms with Crippen LogP contribution in [0.1, 0.15) is 55.9 Å². The van der Waals surface area contributed by atoms with E-state index in [9.17, 15) is 9.90 Å². The van der Waals surface area contributed by atoms with Gasteiger partial charge >= 0.3 is 0 Å². The summed E-state index contributed by atoms with van der Waals surface area (Å²) in [5.41, 5.74) is 10.5. The molecule has 0 aromatic heterocycles. The lowest BCUT2D eigenvalue weighted by Gasteiger charge is -2.19. The van der Waals surface area contributed by atoms with Crippen LogP contribution in [0.15, 0.2) is 82.7 Å². The fourth-order valence-corrected chi connectivity index (χ4v) is 5.25. The Morgan fingerprint density at radius 2 is 1.71 bits per heavy atom. The highest BCUT2D eigenvalue weighted by atomic mass is 16.3. The lowest BCUT2D eigenvalue weighted by molar-refractivity contribution is -0.111. The Balaban J connectivity index is 1.61. The van der Waals surface area contributed by atoms with Crippen LogP contribution in [0.5, 0.6) is 0 Å². The highest BCUT2D eigenvalue weighted by Crippen LogP contribution is 2.48. The number of allylic oxidation sites excluding steroid dienone is 11. The first kappa shape index (κ1) is 22.3. The van der Waals surface area contributed by atoms with Crippen LogP contribution in [0.25, 0.3) is 16.7 Å². The molecule has 0 aromatic rings. The van der Waals surface area contributed by atoms with Gasteiger partial charge < -0.3 is 5.11 Å². The SMILES string of the molecule is Cc1cc(C2=C(O)C(=C3[C+]=CC4=CC(C(C)C)=CC=CC43)C2=O)c2c(C)ccc(C(C)C)cc1-2. The van der Waals surface area contributed by atoms with Gasteiger partial charge in [0.1, 0.15) is 17.6 Å². The molecule has 34 heavy (non-hydrogen) atoms. The van der Waals surface area contributed by atoms with Gasteiger partial charge in [-0.3, -0.25) is 4.79 Å². The maximum Gasteiger partial charge on any atom is 0.257 e. The molecule has 0 aromatic carbocycles. The normalized spacial score (nSPS) is 21.6. The minimum absolute atomic E-state index is 0.0542. The van der Waals surface area contributed by atoms with Crippen molar-refractivity contribution in [3.05, 3.63) is 111 Å². The Kier molecular flexibility index (Phi) is 5.30. The molecule has 1 atom stereocenters. The second-order valence-corrected chi connectivity index (χ2v) is 10.3. The molecular weight excluding hydrogens is 416 g/mol. The van der Waals surface area contributed by atoms with Crippen molar-refractivity contribution in [2.75, 3.05) is 0 Å². The Bertz CT molecular complexity index is 1380. The number of hydrogen-bond acceptors (Lipinski definition) is 2. The standard InChI is InChI=1S/C32H30O2/c1-17(2)21-8-7-9-24-23(15-21)12-13-25(24)29-31(33)30(32(29)34)27-14-20(6)26-16-22(18(3)4)11-10-19(5)28(26)27/h7-12,14-18,24H,1-6H3/p+1. The summed E-state index contributed by atoms with van der Waals surface area (Å²) in [6.07, 6.45) is 13.7. The van der Waals surface area contributed by atoms with Crippen LogP contribution in [-0.4, -0.2) is 10.9 Å². The number of aryl methyl sites for hydroxylation is 2. The average molecular weight is 448 g/mol. The third-order valence-corrected chi connectivity index (χ3v) is 7.35. The van der Waals surface area contributed by atoms with Crippen molar-refractivity contribution < 1.29 is 9.90 Å². The predicted molar refractivity (Wildman–Crippen MR) is 140 cm³/mol. The summed E-state index contributed by atoms with van der Waals surface area (Å²) < 4.78 is 0. The van der Waals surface area contributed by atoms with E-state index in [1.165, 1.54) is 11.1 Å². The fraction of sp³-hybridized carbons (Fsp3) is 0.281. The van der Waals surface area contributed by atoms with Crippen molar-refractivity contribution in [2.45, 2.75) is 47.5 Å². The quantitative estimate of drug-likeness (QED) is 0.386. The zero-order valence-corrected chi connectivity index (χ0v) is 20.8.